The van der Waals surface area contributed by atoms with Crippen molar-refractivity contribution in [3.8, 4) is 0 Å². The van der Waals surface area contributed by atoms with E-state index >= 15 is 0 Å². The van der Waals surface area contributed by atoms with E-state index in [2.05, 4.69) is 15.2 Å². The average molecular weight is 776 g/mol. The molecule has 2 aliphatic rings. The highest BCUT2D eigenvalue weighted by atomic mass is 16.6. The number of aliphatic carboxylic acids is 1. The minimum absolute atomic E-state index is 0.0988. The summed E-state index contributed by atoms with van der Waals surface area (Å²) in [5.74, 6) is -4.01. The van der Waals surface area contributed by atoms with Crippen LogP contribution in [0.5, 0.6) is 0 Å². The van der Waals surface area contributed by atoms with Crippen molar-refractivity contribution in [2.24, 2.45) is 17.8 Å². The number of amides is 2. The molecule has 2 amide bonds. The number of carbonyl (C=O) groups excluding carboxylic acids is 5. The predicted octanol–water partition coefficient (Wildman–Crippen LogP) is 2.45. The molecule has 0 radical (unpaired) electrons. The van der Waals surface area contributed by atoms with E-state index in [1.54, 1.807) is 19.3 Å². The van der Waals surface area contributed by atoms with Crippen LogP contribution in [0, 0.1) is 17.8 Å². The molecule has 1 aromatic heterocycles. The zero-order chi connectivity index (χ0) is 41.0. The Bertz CT molecular complexity index is 1460. The first kappa shape index (κ1) is 45.1. The number of carboxylic acid groups (broad SMARTS) is 1. The molecule has 55 heavy (non-hydrogen) atoms. The lowest BCUT2D eigenvalue weighted by Gasteiger charge is -2.33. The summed E-state index contributed by atoms with van der Waals surface area (Å²) in [4.78, 5) is 88.9. The number of morpholine rings is 1. The van der Waals surface area contributed by atoms with Crippen LogP contribution in [0.3, 0.4) is 0 Å². The molecular weight excluding hydrogens is 714 g/mol. The van der Waals surface area contributed by atoms with Crippen LogP contribution in [0.2, 0.25) is 0 Å². The lowest BCUT2D eigenvalue weighted by Crippen LogP contribution is -2.53. The number of nitrogens with one attached hydrogen (secondary N) is 1. The summed E-state index contributed by atoms with van der Waals surface area (Å²) in [7, 11) is 4.47. The molecule has 1 aliphatic heterocycles. The van der Waals surface area contributed by atoms with Crippen molar-refractivity contribution in [3.05, 3.63) is 23.9 Å². The van der Waals surface area contributed by atoms with E-state index in [-0.39, 0.29) is 37.0 Å². The number of ether oxygens (including phenoxy) is 4. The largest absolute Gasteiger partial charge is 0.479 e. The molecule has 2 fully saturated rings. The van der Waals surface area contributed by atoms with Gasteiger partial charge in [-0.2, -0.15) is 0 Å². The van der Waals surface area contributed by atoms with Crippen LogP contribution in [0.4, 0.5) is 5.82 Å². The summed E-state index contributed by atoms with van der Waals surface area (Å²) < 4.78 is 22.2. The van der Waals surface area contributed by atoms with Gasteiger partial charge in [-0.3, -0.25) is 14.4 Å². The third kappa shape index (κ3) is 13.7. The topological polar surface area (TPSA) is 194 Å². The molecule has 3 rings (SSSR count). The number of carboxylic acids is 1. The zero-order valence-electron chi connectivity index (χ0n) is 33.8. The quantitative estimate of drug-likeness (QED) is 0.137. The molecule has 1 aliphatic carbocycles. The number of pyridine rings is 1. The molecule has 6 atom stereocenters. The number of carbonyl (C=O) groups is 6. The van der Waals surface area contributed by atoms with Gasteiger partial charge in [0.05, 0.1) is 13.2 Å². The minimum Gasteiger partial charge on any atom is -0.479 e. The number of likely N-dealkylation sites (N-methyl/N-ethyl adjacent to an activating group) is 3. The number of aromatic nitrogens is 1. The number of esters is 3. The van der Waals surface area contributed by atoms with Crippen LogP contribution in [0.25, 0.3) is 0 Å². The summed E-state index contributed by atoms with van der Waals surface area (Å²) in [6.07, 6.45) is 0.0157. The second-order valence-corrected chi connectivity index (χ2v) is 15.5. The Morgan fingerprint density at radius 1 is 0.836 bits per heavy atom. The molecule has 16 heteroatoms. The normalized spacial score (nSPS) is 17.7. The summed E-state index contributed by atoms with van der Waals surface area (Å²) in [6.45, 7) is 12.8. The Morgan fingerprint density at radius 3 is 1.95 bits per heavy atom. The van der Waals surface area contributed by atoms with Gasteiger partial charge in [-0.15, -0.1) is 0 Å². The third-order valence-corrected chi connectivity index (χ3v) is 9.84. The van der Waals surface area contributed by atoms with E-state index in [9.17, 15) is 33.9 Å². The second kappa shape index (κ2) is 21.1. The number of nitrogens with zero attached hydrogens (tertiary/aromatic N) is 4. The van der Waals surface area contributed by atoms with Gasteiger partial charge in [0.1, 0.15) is 23.9 Å². The molecule has 0 unspecified atom stereocenters. The molecule has 0 bridgehead atoms. The maximum atomic E-state index is 14.3. The highest BCUT2D eigenvalue weighted by Gasteiger charge is 2.41. The standard InChI is InChI=1S/C39H61N5O11/c1-23(2)18-29(40-7)37(49)53-25(5)34(45)42(8)31(20-27-10-11-27)39(51)55-32(21-28-12-13-33(41-22-28)44-14-16-52-17-15-44)35(46)43(9)30(19-24(3)4)38(50)54-26(6)36(47)48/h12-13,22-27,29-32,40H,10-11,14-21H2,1-9H3,(H,47,48)/t25-,26-,29+,30+,31+,32-/m1/s1. The van der Waals surface area contributed by atoms with Gasteiger partial charge in [0, 0.05) is 39.8 Å². The van der Waals surface area contributed by atoms with Crippen molar-refractivity contribution in [1.82, 2.24) is 20.1 Å². The smallest absolute Gasteiger partial charge is 0.344 e. The van der Waals surface area contributed by atoms with Gasteiger partial charge < -0.3 is 44.1 Å². The number of hydrogen-bond acceptors (Lipinski definition) is 13. The van der Waals surface area contributed by atoms with Crippen molar-refractivity contribution in [2.45, 2.75) is 117 Å². The van der Waals surface area contributed by atoms with Crippen molar-refractivity contribution in [3.63, 3.8) is 0 Å². The van der Waals surface area contributed by atoms with Crippen LogP contribution in [0.15, 0.2) is 18.3 Å². The molecule has 1 aromatic rings. The first-order valence-electron chi connectivity index (χ1n) is 19.3. The number of hydrogen-bond donors (Lipinski definition) is 2. The molecule has 308 valence electrons. The van der Waals surface area contributed by atoms with E-state index in [0.717, 1.165) is 23.6 Å². The SMILES string of the molecule is CN[C@@H](CC(C)C)C(=O)O[C@H](C)C(=O)N(C)[C@@H](CC1CC1)C(=O)O[C@H](Cc1ccc(N2CCOCC2)nc1)C(=O)N(C)[C@@H](CC(C)C)C(=O)O[C@H](C)C(=O)O. The summed E-state index contributed by atoms with van der Waals surface area (Å²) >= 11 is 0. The summed E-state index contributed by atoms with van der Waals surface area (Å²) in [5.41, 5.74) is 0.572. The Kier molecular flexibility index (Phi) is 17.3. The van der Waals surface area contributed by atoms with E-state index in [1.165, 1.54) is 32.8 Å². The number of anilines is 1. The Labute approximate surface area is 324 Å². The van der Waals surface area contributed by atoms with Gasteiger partial charge in [0.15, 0.2) is 18.3 Å². The molecule has 1 saturated carbocycles. The average Bonchev–Trinajstić information content (AvgIpc) is 3.98. The molecular formula is C39H61N5O11. The molecule has 1 saturated heterocycles. The molecule has 0 spiro atoms. The van der Waals surface area contributed by atoms with Crippen LogP contribution >= 0.6 is 0 Å². The number of rotatable bonds is 21. The van der Waals surface area contributed by atoms with Crippen molar-refractivity contribution in [1.29, 1.82) is 0 Å². The second-order valence-electron chi connectivity index (χ2n) is 15.5. The fraction of sp³-hybridized carbons (Fsp3) is 0.718. The molecule has 0 aromatic carbocycles. The highest BCUT2D eigenvalue weighted by molar-refractivity contribution is 5.92. The Morgan fingerprint density at radius 2 is 1.42 bits per heavy atom. The predicted molar refractivity (Wildman–Crippen MR) is 202 cm³/mol. The maximum absolute atomic E-state index is 14.3. The van der Waals surface area contributed by atoms with Crippen LogP contribution in [-0.2, 0) is 54.1 Å². The minimum atomic E-state index is -1.46. The molecule has 16 nitrogen and oxygen atoms in total. The highest BCUT2D eigenvalue weighted by Crippen LogP contribution is 2.35. The van der Waals surface area contributed by atoms with E-state index in [1.807, 2.05) is 33.8 Å². The fourth-order valence-electron chi connectivity index (χ4n) is 6.30. The lowest BCUT2D eigenvalue weighted by molar-refractivity contribution is -0.173. The van der Waals surface area contributed by atoms with Gasteiger partial charge in [-0.25, -0.2) is 19.4 Å². The van der Waals surface area contributed by atoms with Crippen LogP contribution in [0.1, 0.15) is 79.2 Å². The van der Waals surface area contributed by atoms with Crippen molar-refractivity contribution < 1.29 is 52.8 Å². The molecule has 2 heterocycles. The van der Waals surface area contributed by atoms with Gasteiger partial charge in [-0.05, 0) is 69.5 Å². The van der Waals surface area contributed by atoms with E-state index in [0.29, 0.717) is 38.3 Å². The van der Waals surface area contributed by atoms with Crippen LogP contribution < -0.4 is 10.2 Å². The van der Waals surface area contributed by atoms with Gasteiger partial charge in [-0.1, -0.05) is 46.6 Å². The maximum Gasteiger partial charge on any atom is 0.344 e. The Balaban J connectivity index is 1.90. The lowest BCUT2D eigenvalue weighted by atomic mass is 10.0. The summed E-state index contributed by atoms with van der Waals surface area (Å²) in [6, 6.07) is 0.692. The van der Waals surface area contributed by atoms with Gasteiger partial charge in [0.25, 0.3) is 11.8 Å². The first-order valence-corrected chi connectivity index (χ1v) is 19.3. The summed E-state index contributed by atoms with van der Waals surface area (Å²) in [5, 5.41) is 12.3. The zero-order valence-corrected chi connectivity index (χ0v) is 33.8. The van der Waals surface area contributed by atoms with Crippen LogP contribution in [-0.4, -0.2) is 139 Å². The van der Waals surface area contributed by atoms with Crippen molar-refractivity contribution in [2.75, 3.05) is 52.3 Å². The third-order valence-electron chi connectivity index (χ3n) is 9.84. The van der Waals surface area contributed by atoms with Gasteiger partial charge in [0.2, 0.25) is 0 Å². The monoisotopic (exact) mass is 775 g/mol. The Hall–Kier alpha value is -4.31. The fourth-order valence-corrected chi connectivity index (χ4v) is 6.30. The van der Waals surface area contributed by atoms with Gasteiger partial charge >= 0.3 is 23.9 Å². The first-order chi connectivity index (χ1) is 25.9. The van der Waals surface area contributed by atoms with E-state index in [4.69, 9.17) is 18.9 Å². The van der Waals surface area contributed by atoms with E-state index < -0.39 is 72.1 Å². The molecule has 2 N–H and O–H groups in total. The van der Waals surface area contributed by atoms with Crippen molar-refractivity contribution >= 4 is 41.5 Å².